The number of rotatable bonds is 4. The minimum atomic E-state index is -0.794. The van der Waals surface area contributed by atoms with Gasteiger partial charge in [-0.15, -0.1) is 0 Å². The molecular weight excluding hydrogens is 262 g/mol. The van der Waals surface area contributed by atoms with Crippen LogP contribution in [0.2, 0.25) is 0 Å². The molecule has 0 unspecified atom stereocenters. The highest BCUT2D eigenvalue weighted by Gasteiger charge is 2.37. The Morgan fingerprint density at radius 2 is 1.29 bits per heavy atom. The molecule has 0 heterocycles. The van der Waals surface area contributed by atoms with Crippen molar-refractivity contribution < 1.29 is 9.63 Å². The first-order valence-corrected chi connectivity index (χ1v) is 6.96. The predicted octanol–water partition coefficient (Wildman–Crippen LogP) is 3.29. The van der Waals surface area contributed by atoms with Gasteiger partial charge in [0.15, 0.2) is 0 Å². The molecule has 0 atom stereocenters. The van der Waals surface area contributed by atoms with Crippen LogP contribution in [0.15, 0.2) is 48.5 Å². The first-order chi connectivity index (χ1) is 9.98. The fourth-order valence-electron chi connectivity index (χ4n) is 2.40. The molecule has 1 amide bonds. The highest BCUT2D eigenvalue weighted by Crippen LogP contribution is 2.32. The number of hydroxylamine groups is 1. The number of hydrogen-bond donors (Lipinski definition) is 1. The molecule has 3 heteroatoms. The van der Waals surface area contributed by atoms with E-state index in [1.165, 1.54) is 7.11 Å². The van der Waals surface area contributed by atoms with Crippen molar-refractivity contribution in [2.24, 2.45) is 0 Å². The third kappa shape index (κ3) is 2.98. The van der Waals surface area contributed by atoms with E-state index >= 15 is 0 Å². The molecule has 0 aromatic heterocycles. The van der Waals surface area contributed by atoms with Gasteiger partial charge in [0, 0.05) is 0 Å². The third-order valence-electron chi connectivity index (χ3n) is 3.91. The quantitative estimate of drug-likeness (QED) is 0.874. The van der Waals surface area contributed by atoms with Gasteiger partial charge in [-0.05, 0) is 31.9 Å². The van der Waals surface area contributed by atoms with Crippen LogP contribution < -0.4 is 5.48 Å². The minimum Gasteiger partial charge on any atom is -0.277 e. The summed E-state index contributed by atoms with van der Waals surface area (Å²) in [5, 5.41) is 0. The maximum absolute atomic E-state index is 12.6. The van der Waals surface area contributed by atoms with Gasteiger partial charge < -0.3 is 0 Å². The fourth-order valence-corrected chi connectivity index (χ4v) is 2.40. The molecular formula is C18H21NO2. The molecule has 0 aliphatic carbocycles. The Hall–Kier alpha value is -2.13. The summed E-state index contributed by atoms with van der Waals surface area (Å²) < 4.78 is 0. The number of aryl methyl sites for hydroxylation is 2. The van der Waals surface area contributed by atoms with Gasteiger partial charge in [0.25, 0.3) is 5.91 Å². The van der Waals surface area contributed by atoms with Crippen LogP contribution in [-0.2, 0) is 15.0 Å². The number of benzene rings is 2. The van der Waals surface area contributed by atoms with Crippen molar-refractivity contribution in [2.75, 3.05) is 7.11 Å². The molecule has 110 valence electrons. The Labute approximate surface area is 125 Å². The fraction of sp³-hybridized carbons (Fsp3) is 0.278. The molecule has 2 rings (SSSR count). The number of carbonyl (C=O) groups excluding carboxylic acids is 1. The molecule has 2 aromatic carbocycles. The van der Waals surface area contributed by atoms with Gasteiger partial charge in [-0.3, -0.25) is 9.63 Å². The summed E-state index contributed by atoms with van der Waals surface area (Å²) >= 11 is 0. The van der Waals surface area contributed by atoms with Crippen molar-refractivity contribution in [3.8, 4) is 0 Å². The topological polar surface area (TPSA) is 38.3 Å². The molecule has 0 spiro atoms. The lowest BCUT2D eigenvalue weighted by Gasteiger charge is -2.29. The molecule has 0 bridgehead atoms. The van der Waals surface area contributed by atoms with Gasteiger partial charge in [0.05, 0.1) is 12.5 Å². The zero-order valence-corrected chi connectivity index (χ0v) is 12.9. The van der Waals surface area contributed by atoms with Crippen molar-refractivity contribution in [1.29, 1.82) is 0 Å². The lowest BCUT2D eigenvalue weighted by molar-refractivity contribution is -0.135. The Morgan fingerprint density at radius 1 is 0.905 bits per heavy atom. The van der Waals surface area contributed by atoms with Crippen LogP contribution in [0.3, 0.4) is 0 Å². The number of amides is 1. The lowest BCUT2D eigenvalue weighted by atomic mass is 9.75. The maximum atomic E-state index is 12.6. The Morgan fingerprint density at radius 3 is 1.62 bits per heavy atom. The molecule has 0 fully saturated rings. The van der Waals surface area contributed by atoms with Crippen LogP contribution in [0, 0.1) is 13.8 Å². The van der Waals surface area contributed by atoms with Crippen LogP contribution in [0.1, 0.15) is 29.2 Å². The highest BCUT2D eigenvalue weighted by atomic mass is 16.6. The molecule has 2 aromatic rings. The van der Waals surface area contributed by atoms with Crippen molar-refractivity contribution in [3.63, 3.8) is 0 Å². The van der Waals surface area contributed by atoms with E-state index in [1.54, 1.807) is 0 Å². The molecule has 0 aliphatic heterocycles. The van der Waals surface area contributed by atoms with Crippen LogP contribution >= 0.6 is 0 Å². The van der Waals surface area contributed by atoms with E-state index in [1.807, 2.05) is 69.3 Å². The second-order valence-electron chi connectivity index (χ2n) is 5.49. The van der Waals surface area contributed by atoms with E-state index in [2.05, 4.69) is 5.48 Å². The first kappa shape index (κ1) is 15.3. The van der Waals surface area contributed by atoms with Gasteiger partial charge in [-0.25, -0.2) is 5.48 Å². The van der Waals surface area contributed by atoms with E-state index in [0.717, 1.165) is 22.3 Å². The van der Waals surface area contributed by atoms with Gasteiger partial charge in [-0.1, -0.05) is 59.7 Å². The van der Waals surface area contributed by atoms with E-state index < -0.39 is 5.41 Å². The van der Waals surface area contributed by atoms with E-state index in [4.69, 9.17) is 4.84 Å². The normalized spacial score (nSPS) is 11.2. The second kappa shape index (κ2) is 6.10. The molecule has 0 saturated carbocycles. The summed E-state index contributed by atoms with van der Waals surface area (Å²) in [5.74, 6) is -0.183. The lowest BCUT2D eigenvalue weighted by Crippen LogP contribution is -2.42. The first-order valence-electron chi connectivity index (χ1n) is 6.96. The Bertz CT molecular complexity index is 569. The van der Waals surface area contributed by atoms with E-state index in [9.17, 15) is 4.79 Å². The zero-order valence-electron chi connectivity index (χ0n) is 12.9. The van der Waals surface area contributed by atoms with E-state index in [-0.39, 0.29) is 5.91 Å². The van der Waals surface area contributed by atoms with Crippen molar-refractivity contribution in [3.05, 3.63) is 70.8 Å². The minimum absolute atomic E-state index is 0.183. The Balaban J connectivity index is 2.55. The SMILES string of the molecule is CONC(=O)C(C)(c1ccc(C)cc1)c1ccc(C)cc1. The molecule has 0 saturated heterocycles. The largest absolute Gasteiger partial charge is 0.277 e. The zero-order chi connectivity index (χ0) is 15.5. The monoisotopic (exact) mass is 283 g/mol. The highest BCUT2D eigenvalue weighted by molar-refractivity contribution is 5.91. The van der Waals surface area contributed by atoms with Crippen molar-refractivity contribution in [1.82, 2.24) is 5.48 Å². The summed E-state index contributed by atoms with van der Waals surface area (Å²) in [4.78, 5) is 17.4. The van der Waals surface area contributed by atoms with Crippen LogP contribution in [-0.4, -0.2) is 13.0 Å². The maximum Gasteiger partial charge on any atom is 0.258 e. The summed E-state index contributed by atoms with van der Waals surface area (Å²) in [6.45, 7) is 5.97. The Kier molecular flexibility index (Phi) is 4.43. The molecule has 0 aliphatic rings. The summed E-state index contributed by atoms with van der Waals surface area (Å²) in [6.07, 6.45) is 0. The third-order valence-corrected chi connectivity index (χ3v) is 3.91. The predicted molar refractivity (Wildman–Crippen MR) is 84.0 cm³/mol. The number of carbonyl (C=O) groups is 1. The molecule has 3 nitrogen and oxygen atoms in total. The van der Waals surface area contributed by atoms with Gasteiger partial charge >= 0.3 is 0 Å². The van der Waals surface area contributed by atoms with E-state index in [0.29, 0.717) is 0 Å². The number of nitrogens with one attached hydrogen (secondary N) is 1. The standard InChI is InChI=1S/C18H21NO2/c1-13-5-9-15(10-6-13)18(3,17(20)19-21-4)16-11-7-14(2)8-12-16/h5-12H,1-4H3,(H,19,20). The van der Waals surface area contributed by atoms with Gasteiger partial charge in [-0.2, -0.15) is 0 Å². The van der Waals surface area contributed by atoms with Crippen LogP contribution in [0.5, 0.6) is 0 Å². The smallest absolute Gasteiger partial charge is 0.258 e. The summed E-state index contributed by atoms with van der Waals surface area (Å²) in [6, 6.07) is 16.0. The van der Waals surface area contributed by atoms with Gasteiger partial charge in [0.2, 0.25) is 0 Å². The van der Waals surface area contributed by atoms with Crippen LogP contribution in [0.25, 0.3) is 0 Å². The van der Waals surface area contributed by atoms with Gasteiger partial charge in [0.1, 0.15) is 0 Å². The molecule has 21 heavy (non-hydrogen) atoms. The molecule has 0 radical (unpaired) electrons. The summed E-state index contributed by atoms with van der Waals surface area (Å²) in [5.41, 5.74) is 5.88. The average molecular weight is 283 g/mol. The van der Waals surface area contributed by atoms with Crippen LogP contribution in [0.4, 0.5) is 0 Å². The second-order valence-corrected chi connectivity index (χ2v) is 5.49. The average Bonchev–Trinajstić information content (AvgIpc) is 2.48. The summed E-state index contributed by atoms with van der Waals surface area (Å²) in [7, 11) is 1.45. The number of hydrogen-bond acceptors (Lipinski definition) is 2. The van der Waals surface area contributed by atoms with Crippen molar-refractivity contribution >= 4 is 5.91 Å². The van der Waals surface area contributed by atoms with Crippen molar-refractivity contribution in [2.45, 2.75) is 26.2 Å². The molecule has 1 N–H and O–H groups in total.